The molecule has 0 aromatic carbocycles. The van der Waals surface area contributed by atoms with Gasteiger partial charge >= 0.3 is 6.18 Å². The van der Waals surface area contributed by atoms with Crippen LogP contribution in [0.3, 0.4) is 0 Å². The lowest BCUT2D eigenvalue weighted by Crippen LogP contribution is -2.49. The predicted octanol–water partition coefficient (Wildman–Crippen LogP) is 0.462. The van der Waals surface area contributed by atoms with E-state index in [1.54, 1.807) is 4.90 Å². The van der Waals surface area contributed by atoms with Crippen LogP contribution in [0.15, 0.2) is 0 Å². The largest absolute Gasteiger partial charge is 0.401 e. The van der Waals surface area contributed by atoms with E-state index in [1.165, 1.54) is 0 Å². The second-order valence-corrected chi connectivity index (χ2v) is 5.51. The third-order valence-corrected chi connectivity index (χ3v) is 3.87. The zero-order chi connectivity index (χ0) is 15.3. The normalized spacial score (nSPS) is 24.5. The summed E-state index contributed by atoms with van der Waals surface area (Å²) in [6, 6.07) is 0.114. The van der Waals surface area contributed by atoms with Crippen molar-refractivity contribution in [2.45, 2.75) is 25.1 Å². The number of nitrogens with zero attached hydrogens (tertiary/aromatic N) is 2. The molecule has 0 radical (unpaired) electrons. The molecule has 0 aromatic heterocycles. The number of amides is 1. The Kier molecular flexibility index (Phi) is 5.83. The van der Waals surface area contributed by atoms with Crippen LogP contribution >= 0.6 is 0 Å². The SMILES string of the molecule is O=C(CNCC(F)(F)F)N1CCCC1CN1CCOCC1. The van der Waals surface area contributed by atoms with Crippen molar-refractivity contribution in [3.05, 3.63) is 0 Å². The Labute approximate surface area is 122 Å². The Bertz CT molecular complexity index is 346. The quantitative estimate of drug-likeness (QED) is 0.801. The number of likely N-dealkylation sites (tertiary alicyclic amines) is 1. The van der Waals surface area contributed by atoms with Crippen molar-refractivity contribution in [2.24, 2.45) is 0 Å². The molecule has 21 heavy (non-hydrogen) atoms. The Hall–Kier alpha value is -0.860. The van der Waals surface area contributed by atoms with Crippen LogP contribution < -0.4 is 5.32 Å². The van der Waals surface area contributed by atoms with Gasteiger partial charge in [-0.25, -0.2) is 0 Å². The molecule has 2 heterocycles. The lowest BCUT2D eigenvalue weighted by Gasteiger charge is -2.33. The number of hydrogen-bond donors (Lipinski definition) is 1. The Morgan fingerprint density at radius 3 is 2.62 bits per heavy atom. The molecule has 0 aromatic rings. The number of carbonyl (C=O) groups is 1. The van der Waals surface area contributed by atoms with Crippen LogP contribution in [0.5, 0.6) is 0 Å². The van der Waals surface area contributed by atoms with E-state index in [-0.39, 0.29) is 18.5 Å². The smallest absolute Gasteiger partial charge is 0.379 e. The fourth-order valence-electron chi connectivity index (χ4n) is 2.85. The molecule has 2 rings (SSSR count). The topological polar surface area (TPSA) is 44.8 Å². The van der Waals surface area contributed by atoms with Crippen LogP contribution in [0.1, 0.15) is 12.8 Å². The first-order valence-electron chi connectivity index (χ1n) is 7.33. The van der Waals surface area contributed by atoms with Crippen molar-refractivity contribution in [1.29, 1.82) is 0 Å². The maximum absolute atomic E-state index is 12.1. The molecular weight excluding hydrogens is 287 g/mol. The average Bonchev–Trinajstić information content (AvgIpc) is 2.86. The molecule has 2 aliphatic rings. The second kappa shape index (κ2) is 7.42. The second-order valence-electron chi connectivity index (χ2n) is 5.51. The van der Waals surface area contributed by atoms with Crippen molar-refractivity contribution < 1.29 is 22.7 Å². The van der Waals surface area contributed by atoms with Gasteiger partial charge in [-0.1, -0.05) is 0 Å². The third kappa shape index (κ3) is 5.44. The van der Waals surface area contributed by atoms with E-state index >= 15 is 0 Å². The summed E-state index contributed by atoms with van der Waals surface area (Å²) in [5.74, 6) is -0.241. The van der Waals surface area contributed by atoms with Gasteiger partial charge in [-0.2, -0.15) is 13.2 Å². The minimum Gasteiger partial charge on any atom is -0.379 e. The highest BCUT2D eigenvalue weighted by Crippen LogP contribution is 2.19. The first-order chi connectivity index (χ1) is 9.96. The number of rotatable bonds is 5. The molecule has 1 unspecified atom stereocenters. The van der Waals surface area contributed by atoms with E-state index in [0.29, 0.717) is 19.8 Å². The number of halogens is 3. The molecule has 2 saturated heterocycles. The first kappa shape index (κ1) is 16.5. The predicted molar refractivity (Wildman–Crippen MR) is 70.9 cm³/mol. The van der Waals surface area contributed by atoms with Crippen molar-refractivity contribution in [2.75, 3.05) is 52.5 Å². The molecule has 0 aliphatic carbocycles. The Morgan fingerprint density at radius 1 is 1.24 bits per heavy atom. The van der Waals surface area contributed by atoms with E-state index in [9.17, 15) is 18.0 Å². The molecule has 1 N–H and O–H groups in total. The van der Waals surface area contributed by atoms with Gasteiger partial charge in [0, 0.05) is 32.2 Å². The summed E-state index contributed by atoms with van der Waals surface area (Å²) >= 11 is 0. The molecule has 8 heteroatoms. The minimum absolute atomic E-state index is 0.114. The van der Waals surface area contributed by atoms with E-state index in [2.05, 4.69) is 10.2 Å². The monoisotopic (exact) mass is 309 g/mol. The minimum atomic E-state index is -4.28. The molecule has 0 spiro atoms. The highest BCUT2D eigenvalue weighted by molar-refractivity contribution is 5.78. The van der Waals surface area contributed by atoms with Crippen LogP contribution in [-0.2, 0) is 9.53 Å². The van der Waals surface area contributed by atoms with Gasteiger partial charge in [-0.05, 0) is 12.8 Å². The number of carbonyl (C=O) groups excluding carboxylic acids is 1. The van der Waals surface area contributed by atoms with E-state index < -0.39 is 12.7 Å². The standard InChI is InChI=1S/C13H22F3N3O2/c14-13(15,16)10-17-8-12(20)19-3-1-2-11(19)9-18-4-6-21-7-5-18/h11,17H,1-10H2. The van der Waals surface area contributed by atoms with Gasteiger partial charge in [0.05, 0.1) is 26.3 Å². The van der Waals surface area contributed by atoms with Crippen LogP contribution in [0.4, 0.5) is 13.2 Å². The van der Waals surface area contributed by atoms with Crippen molar-refractivity contribution >= 4 is 5.91 Å². The lowest BCUT2D eigenvalue weighted by atomic mass is 10.2. The molecule has 1 amide bonds. The maximum atomic E-state index is 12.1. The van der Waals surface area contributed by atoms with E-state index in [0.717, 1.165) is 32.5 Å². The lowest BCUT2D eigenvalue weighted by molar-refractivity contribution is -0.135. The number of alkyl halides is 3. The molecular formula is C13H22F3N3O2. The summed E-state index contributed by atoms with van der Waals surface area (Å²) in [4.78, 5) is 16.0. The summed E-state index contributed by atoms with van der Waals surface area (Å²) in [6.45, 7) is 3.16. The van der Waals surface area contributed by atoms with Gasteiger partial charge in [0.25, 0.3) is 0 Å². The zero-order valence-corrected chi connectivity index (χ0v) is 12.0. The van der Waals surface area contributed by atoms with Crippen molar-refractivity contribution in [1.82, 2.24) is 15.1 Å². The van der Waals surface area contributed by atoms with Gasteiger partial charge in [0.1, 0.15) is 0 Å². The molecule has 1 atom stereocenters. The number of ether oxygens (including phenoxy) is 1. The van der Waals surface area contributed by atoms with E-state index in [1.807, 2.05) is 0 Å². The number of nitrogens with one attached hydrogen (secondary N) is 1. The summed E-state index contributed by atoms with van der Waals surface area (Å²) < 4.78 is 41.5. The Balaban J connectivity index is 1.76. The molecule has 2 fully saturated rings. The van der Waals surface area contributed by atoms with Crippen molar-refractivity contribution in [3.63, 3.8) is 0 Å². The van der Waals surface area contributed by atoms with Crippen LogP contribution in [-0.4, -0.2) is 80.4 Å². The average molecular weight is 309 g/mol. The molecule has 5 nitrogen and oxygen atoms in total. The van der Waals surface area contributed by atoms with Gasteiger partial charge in [0.2, 0.25) is 5.91 Å². The first-order valence-corrected chi connectivity index (χ1v) is 7.33. The Morgan fingerprint density at radius 2 is 1.95 bits per heavy atom. The van der Waals surface area contributed by atoms with Gasteiger partial charge in [-0.3, -0.25) is 9.69 Å². The summed E-state index contributed by atoms with van der Waals surface area (Å²) in [7, 11) is 0. The number of hydrogen-bond acceptors (Lipinski definition) is 4. The molecule has 122 valence electrons. The molecule has 0 bridgehead atoms. The van der Waals surface area contributed by atoms with Gasteiger partial charge in [0.15, 0.2) is 0 Å². The fourth-order valence-corrected chi connectivity index (χ4v) is 2.85. The van der Waals surface area contributed by atoms with E-state index in [4.69, 9.17) is 4.74 Å². The number of morpholine rings is 1. The summed E-state index contributed by atoms with van der Waals surface area (Å²) in [5.41, 5.74) is 0. The molecule has 0 saturated carbocycles. The summed E-state index contributed by atoms with van der Waals surface area (Å²) in [6.07, 6.45) is -2.44. The summed E-state index contributed by atoms with van der Waals surface area (Å²) in [5, 5.41) is 2.18. The van der Waals surface area contributed by atoms with Crippen LogP contribution in [0.25, 0.3) is 0 Å². The van der Waals surface area contributed by atoms with Gasteiger partial charge in [-0.15, -0.1) is 0 Å². The van der Waals surface area contributed by atoms with Crippen LogP contribution in [0.2, 0.25) is 0 Å². The van der Waals surface area contributed by atoms with Gasteiger partial charge < -0.3 is 15.0 Å². The van der Waals surface area contributed by atoms with Crippen LogP contribution in [0, 0.1) is 0 Å². The molecule has 2 aliphatic heterocycles. The highest BCUT2D eigenvalue weighted by Gasteiger charge is 2.31. The zero-order valence-electron chi connectivity index (χ0n) is 12.0. The van der Waals surface area contributed by atoms with Crippen molar-refractivity contribution in [3.8, 4) is 0 Å². The third-order valence-electron chi connectivity index (χ3n) is 3.87. The maximum Gasteiger partial charge on any atom is 0.401 e. The highest BCUT2D eigenvalue weighted by atomic mass is 19.4. The fraction of sp³-hybridized carbons (Fsp3) is 0.923.